The number of methoxy groups -OCH3 is 1. The summed E-state index contributed by atoms with van der Waals surface area (Å²) in [6, 6.07) is 4.67. The third-order valence-electron chi connectivity index (χ3n) is 5.51. The van der Waals surface area contributed by atoms with E-state index in [2.05, 4.69) is 0 Å². The van der Waals surface area contributed by atoms with Crippen LogP contribution in [0.4, 0.5) is 15.3 Å². The van der Waals surface area contributed by atoms with Crippen LogP contribution in [0.5, 0.6) is 5.75 Å². The fourth-order valence-electron chi connectivity index (χ4n) is 4.16. The van der Waals surface area contributed by atoms with Gasteiger partial charge in [-0.15, -0.1) is 0 Å². The van der Waals surface area contributed by atoms with Crippen LogP contribution in [0.1, 0.15) is 26.3 Å². The van der Waals surface area contributed by atoms with E-state index in [9.17, 15) is 14.4 Å². The molecule has 0 spiro atoms. The summed E-state index contributed by atoms with van der Waals surface area (Å²) >= 11 is 0. The average molecular weight is 449 g/mol. The van der Waals surface area contributed by atoms with Gasteiger partial charge in [-0.1, -0.05) is 6.92 Å². The Hall–Kier alpha value is -3.31. The Balaban J connectivity index is 1.71. The molecule has 2 fully saturated rings. The molecule has 1 aromatic heterocycles. The van der Waals surface area contributed by atoms with Gasteiger partial charge in [-0.25, -0.2) is 14.4 Å². The number of fused-ring (bicyclic) bond motifs is 2. The van der Waals surface area contributed by atoms with Gasteiger partial charge in [0.25, 0.3) is 0 Å². The molecule has 2 aliphatic heterocycles. The molecule has 32 heavy (non-hydrogen) atoms. The Bertz CT molecular complexity index is 1120. The maximum absolute atomic E-state index is 12.2. The normalized spacial score (nSPS) is 26.2. The van der Waals surface area contributed by atoms with E-state index in [0.29, 0.717) is 23.1 Å². The van der Waals surface area contributed by atoms with E-state index in [1.54, 1.807) is 26.0 Å². The van der Waals surface area contributed by atoms with Gasteiger partial charge in [0.05, 0.1) is 5.60 Å². The molecule has 2 aliphatic rings. The zero-order chi connectivity index (χ0) is 23.2. The monoisotopic (exact) mass is 449 g/mol. The van der Waals surface area contributed by atoms with E-state index in [4.69, 9.17) is 33.2 Å². The number of carboxylic acid groups (broad SMARTS) is 1. The van der Waals surface area contributed by atoms with Crippen molar-refractivity contribution in [1.82, 2.24) is 0 Å². The molecule has 11 heteroatoms. The quantitative estimate of drug-likeness (QED) is 0.516. The smallest absolute Gasteiger partial charge is 0.465 e. The first-order valence-electron chi connectivity index (χ1n) is 9.98. The predicted molar refractivity (Wildman–Crippen MR) is 109 cm³/mol. The molecule has 0 radical (unpaired) electrons. The molecule has 0 unspecified atom stereocenters. The minimum atomic E-state index is -1.37. The van der Waals surface area contributed by atoms with Gasteiger partial charge in [-0.05, 0) is 38.5 Å². The van der Waals surface area contributed by atoms with Gasteiger partial charge in [0, 0.05) is 18.1 Å². The van der Waals surface area contributed by atoms with Crippen molar-refractivity contribution in [2.75, 3.05) is 12.4 Å². The Morgan fingerprint density at radius 2 is 1.94 bits per heavy atom. The van der Waals surface area contributed by atoms with Crippen LogP contribution >= 0.6 is 0 Å². The van der Waals surface area contributed by atoms with Crippen LogP contribution < -0.4 is 15.7 Å². The Kier molecular flexibility index (Phi) is 5.47. The highest BCUT2D eigenvalue weighted by molar-refractivity contribution is 5.89. The number of aryl methyl sites for hydroxylation is 1. The fraction of sp³-hybridized carbons (Fsp3) is 0.476. The highest BCUT2D eigenvalue weighted by atomic mass is 16.8. The predicted octanol–water partition coefficient (Wildman–Crippen LogP) is 2.88. The topological polar surface area (TPSA) is 143 Å². The zero-order valence-corrected chi connectivity index (χ0v) is 17.9. The highest BCUT2D eigenvalue weighted by Crippen LogP contribution is 2.39. The summed E-state index contributed by atoms with van der Waals surface area (Å²) in [5, 5.41) is 11.4. The SMILES string of the molecule is CCc1c(O[C@@H]2OC(C)(C)[C@H](OC)[C@H]3OC(=O)O[C@@H]23)ccc2cc(NC(=O)O)c(=O)oc12. The van der Waals surface area contributed by atoms with Crippen LogP contribution in [0.15, 0.2) is 27.4 Å². The number of benzene rings is 1. The minimum absolute atomic E-state index is 0.193. The van der Waals surface area contributed by atoms with Crippen molar-refractivity contribution in [3.05, 3.63) is 34.2 Å². The van der Waals surface area contributed by atoms with Crippen molar-refractivity contribution >= 4 is 28.9 Å². The van der Waals surface area contributed by atoms with Crippen LogP contribution in [0.2, 0.25) is 0 Å². The summed E-state index contributed by atoms with van der Waals surface area (Å²) in [5.41, 5.74) is -1.06. The summed E-state index contributed by atoms with van der Waals surface area (Å²) < 4.78 is 33.6. The number of amides is 1. The van der Waals surface area contributed by atoms with Gasteiger partial charge in [-0.2, -0.15) is 0 Å². The van der Waals surface area contributed by atoms with E-state index in [1.807, 2.05) is 12.2 Å². The van der Waals surface area contributed by atoms with Crippen molar-refractivity contribution in [1.29, 1.82) is 0 Å². The third kappa shape index (κ3) is 3.73. The van der Waals surface area contributed by atoms with Gasteiger partial charge >= 0.3 is 17.9 Å². The number of carbonyl (C=O) groups excluding carboxylic acids is 1. The Labute approximate surface area is 182 Å². The molecule has 11 nitrogen and oxygen atoms in total. The molecule has 4 rings (SSSR count). The molecular formula is C21H23NO10. The van der Waals surface area contributed by atoms with Gasteiger partial charge < -0.3 is 33.2 Å². The van der Waals surface area contributed by atoms with Crippen LogP contribution in [0.25, 0.3) is 11.0 Å². The van der Waals surface area contributed by atoms with E-state index in [0.717, 1.165) is 0 Å². The highest BCUT2D eigenvalue weighted by Gasteiger charge is 2.59. The molecule has 1 amide bonds. The molecule has 3 heterocycles. The molecule has 4 atom stereocenters. The molecule has 2 saturated heterocycles. The first kappa shape index (κ1) is 21.9. The maximum atomic E-state index is 12.2. The van der Waals surface area contributed by atoms with E-state index < -0.39 is 48.1 Å². The zero-order valence-electron chi connectivity index (χ0n) is 17.9. The van der Waals surface area contributed by atoms with Crippen molar-refractivity contribution in [2.45, 2.75) is 57.4 Å². The molecule has 2 N–H and O–H groups in total. The van der Waals surface area contributed by atoms with Crippen LogP contribution in [0.3, 0.4) is 0 Å². The summed E-state index contributed by atoms with van der Waals surface area (Å²) in [4.78, 5) is 34.9. The first-order chi connectivity index (χ1) is 15.1. The second-order valence-electron chi connectivity index (χ2n) is 7.97. The number of hydrogen-bond acceptors (Lipinski definition) is 9. The standard InChI is InChI=1S/C21H23NO10/c1-5-10-12(7-6-9-8-11(22-19(24)25)17(23)29-13(9)10)28-18-15-14(30-20(26)31-15)16(27-4)21(2,3)32-18/h6-8,14-16,18,22H,5H2,1-4H3,(H,24,25)/t14-,15+,16+,18+/m0/s1. The Morgan fingerprint density at radius 3 is 2.59 bits per heavy atom. The lowest BCUT2D eigenvalue weighted by atomic mass is 9.89. The number of anilines is 1. The fourth-order valence-corrected chi connectivity index (χ4v) is 4.16. The lowest BCUT2D eigenvalue weighted by Crippen LogP contribution is -2.62. The van der Waals surface area contributed by atoms with Gasteiger partial charge in [-0.3, -0.25) is 5.32 Å². The maximum Gasteiger partial charge on any atom is 0.509 e. The molecule has 172 valence electrons. The largest absolute Gasteiger partial charge is 0.509 e. The summed E-state index contributed by atoms with van der Waals surface area (Å²) in [5.74, 6) is 0.362. The second kappa shape index (κ2) is 7.99. The average Bonchev–Trinajstić information content (AvgIpc) is 3.09. The van der Waals surface area contributed by atoms with Crippen molar-refractivity contribution in [3.8, 4) is 5.75 Å². The summed E-state index contributed by atoms with van der Waals surface area (Å²) in [6.07, 6.45) is -4.95. The van der Waals surface area contributed by atoms with Crippen LogP contribution in [-0.2, 0) is 25.4 Å². The first-order valence-corrected chi connectivity index (χ1v) is 9.98. The number of nitrogens with one attached hydrogen (secondary N) is 1. The summed E-state index contributed by atoms with van der Waals surface area (Å²) in [7, 11) is 1.49. The molecule has 1 aromatic carbocycles. The van der Waals surface area contributed by atoms with Crippen molar-refractivity contribution < 1.29 is 42.8 Å². The molecule has 2 aromatic rings. The molecule has 0 bridgehead atoms. The summed E-state index contributed by atoms with van der Waals surface area (Å²) in [6.45, 7) is 5.42. The molecule has 0 aliphatic carbocycles. The van der Waals surface area contributed by atoms with Gasteiger partial charge in [0.1, 0.15) is 23.1 Å². The lowest BCUT2D eigenvalue weighted by molar-refractivity contribution is -0.282. The van der Waals surface area contributed by atoms with E-state index >= 15 is 0 Å². The van der Waals surface area contributed by atoms with Crippen LogP contribution in [-0.4, -0.2) is 54.7 Å². The van der Waals surface area contributed by atoms with Crippen molar-refractivity contribution in [2.24, 2.45) is 0 Å². The van der Waals surface area contributed by atoms with Crippen molar-refractivity contribution in [3.63, 3.8) is 0 Å². The van der Waals surface area contributed by atoms with E-state index in [-0.39, 0.29) is 11.3 Å². The van der Waals surface area contributed by atoms with Gasteiger partial charge in [0.2, 0.25) is 12.4 Å². The molecule has 0 saturated carbocycles. The number of rotatable bonds is 5. The van der Waals surface area contributed by atoms with Gasteiger partial charge in [0.15, 0.2) is 6.10 Å². The van der Waals surface area contributed by atoms with Crippen LogP contribution in [0, 0.1) is 0 Å². The lowest BCUT2D eigenvalue weighted by Gasteiger charge is -2.45. The number of ether oxygens (including phenoxy) is 5. The number of hydrogen-bond donors (Lipinski definition) is 2. The number of carbonyl (C=O) groups is 2. The Morgan fingerprint density at radius 1 is 1.22 bits per heavy atom. The van der Waals surface area contributed by atoms with E-state index in [1.165, 1.54) is 13.2 Å². The second-order valence-corrected chi connectivity index (χ2v) is 7.97. The minimum Gasteiger partial charge on any atom is -0.465 e. The molecular weight excluding hydrogens is 426 g/mol. The third-order valence-corrected chi connectivity index (χ3v) is 5.51.